The molecule has 4 N–H and O–H groups in total. The van der Waals surface area contributed by atoms with E-state index in [1.165, 1.54) is 4.90 Å². The van der Waals surface area contributed by atoms with Crippen LogP contribution in [0.1, 0.15) is 30.0 Å². The van der Waals surface area contributed by atoms with Gasteiger partial charge in [-0.3, -0.25) is 9.59 Å². The average molecular weight is 352 g/mol. The second-order valence-electron chi connectivity index (χ2n) is 6.93. The largest absolute Gasteiger partial charge is 0.369 e. The SMILES string of the molecule is NC(=O)C1CC[NH+](CC(=O)NC(c2ccccc2)c2ccccc2)CC1. The van der Waals surface area contributed by atoms with E-state index in [1.54, 1.807) is 0 Å². The molecule has 5 heteroatoms. The van der Waals surface area contributed by atoms with Crippen LogP contribution in [0, 0.1) is 5.92 Å². The van der Waals surface area contributed by atoms with E-state index in [0.29, 0.717) is 6.54 Å². The first-order valence-electron chi connectivity index (χ1n) is 9.15. The Bertz CT molecular complexity index is 686. The predicted octanol–water partition coefficient (Wildman–Crippen LogP) is 0.672. The number of hydrogen-bond acceptors (Lipinski definition) is 2. The van der Waals surface area contributed by atoms with E-state index in [9.17, 15) is 9.59 Å². The Hall–Kier alpha value is -2.66. The second-order valence-corrected chi connectivity index (χ2v) is 6.93. The molecule has 1 aliphatic heterocycles. The average Bonchev–Trinajstić information content (AvgIpc) is 2.68. The fourth-order valence-corrected chi connectivity index (χ4v) is 3.58. The van der Waals surface area contributed by atoms with Crippen LogP contribution < -0.4 is 16.0 Å². The van der Waals surface area contributed by atoms with Gasteiger partial charge in [0.15, 0.2) is 6.54 Å². The molecular formula is C21H26N3O2+. The Morgan fingerprint density at radius 2 is 1.46 bits per heavy atom. The maximum absolute atomic E-state index is 12.7. The van der Waals surface area contributed by atoms with Gasteiger partial charge in [-0.1, -0.05) is 60.7 Å². The maximum atomic E-state index is 12.7. The summed E-state index contributed by atoms with van der Waals surface area (Å²) in [6.07, 6.45) is 1.53. The molecule has 0 bridgehead atoms. The van der Waals surface area contributed by atoms with E-state index in [0.717, 1.165) is 37.1 Å². The highest BCUT2D eigenvalue weighted by molar-refractivity contribution is 5.78. The molecule has 0 saturated carbocycles. The minimum absolute atomic E-state index is 0.0234. The van der Waals surface area contributed by atoms with E-state index in [2.05, 4.69) is 5.32 Å². The first-order chi connectivity index (χ1) is 12.6. The molecule has 0 radical (unpaired) electrons. The number of rotatable bonds is 6. The lowest BCUT2D eigenvalue weighted by atomic mass is 9.96. The zero-order chi connectivity index (χ0) is 18.4. The van der Waals surface area contributed by atoms with Crippen LogP contribution >= 0.6 is 0 Å². The quantitative estimate of drug-likeness (QED) is 0.715. The molecule has 2 amide bonds. The second kappa shape index (κ2) is 8.63. The molecule has 1 aliphatic rings. The summed E-state index contributed by atoms with van der Waals surface area (Å²) in [5, 5.41) is 3.18. The van der Waals surface area contributed by atoms with Crippen LogP contribution in [-0.4, -0.2) is 31.4 Å². The zero-order valence-corrected chi connectivity index (χ0v) is 14.9. The number of nitrogens with two attached hydrogens (primary N) is 1. The van der Waals surface area contributed by atoms with Crippen LogP contribution in [0.3, 0.4) is 0 Å². The highest BCUT2D eigenvalue weighted by Gasteiger charge is 2.27. The molecule has 0 unspecified atom stereocenters. The summed E-state index contributed by atoms with van der Waals surface area (Å²) in [5.41, 5.74) is 7.51. The Balaban J connectivity index is 1.64. The van der Waals surface area contributed by atoms with Crippen molar-refractivity contribution in [3.8, 4) is 0 Å². The van der Waals surface area contributed by atoms with Gasteiger partial charge in [0.05, 0.1) is 19.1 Å². The molecule has 0 aliphatic carbocycles. The maximum Gasteiger partial charge on any atom is 0.275 e. The van der Waals surface area contributed by atoms with Crippen LogP contribution in [0.2, 0.25) is 0 Å². The van der Waals surface area contributed by atoms with Crippen LogP contribution in [0.25, 0.3) is 0 Å². The number of primary amides is 1. The number of nitrogens with one attached hydrogen (secondary N) is 2. The Morgan fingerprint density at radius 3 is 1.92 bits per heavy atom. The lowest BCUT2D eigenvalue weighted by molar-refractivity contribution is -0.897. The van der Waals surface area contributed by atoms with Gasteiger partial charge in [0.1, 0.15) is 0 Å². The first-order valence-corrected chi connectivity index (χ1v) is 9.15. The van der Waals surface area contributed by atoms with Gasteiger partial charge < -0.3 is 16.0 Å². The van der Waals surface area contributed by atoms with Crippen molar-refractivity contribution >= 4 is 11.8 Å². The van der Waals surface area contributed by atoms with Crippen molar-refractivity contribution in [2.45, 2.75) is 18.9 Å². The molecular weight excluding hydrogens is 326 g/mol. The fraction of sp³-hybridized carbons (Fsp3) is 0.333. The molecule has 2 aromatic rings. The molecule has 0 atom stereocenters. The summed E-state index contributed by atoms with van der Waals surface area (Å²) in [4.78, 5) is 25.1. The van der Waals surface area contributed by atoms with Gasteiger partial charge in [-0.05, 0) is 11.1 Å². The highest BCUT2D eigenvalue weighted by atomic mass is 16.2. The monoisotopic (exact) mass is 352 g/mol. The predicted molar refractivity (Wildman–Crippen MR) is 100 cm³/mol. The van der Waals surface area contributed by atoms with Crippen molar-refractivity contribution in [1.29, 1.82) is 0 Å². The molecule has 2 aromatic carbocycles. The molecule has 1 heterocycles. The Morgan fingerprint density at radius 1 is 0.962 bits per heavy atom. The van der Waals surface area contributed by atoms with Crippen molar-refractivity contribution in [2.75, 3.05) is 19.6 Å². The molecule has 5 nitrogen and oxygen atoms in total. The molecule has 26 heavy (non-hydrogen) atoms. The normalized spacial score (nSPS) is 19.9. The topological polar surface area (TPSA) is 76.6 Å². The highest BCUT2D eigenvalue weighted by Crippen LogP contribution is 2.21. The summed E-state index contributed by atoms with van der Waals surface area (Å²) in [6, 6.07) is 19.8. The standard InChI is InChI=1S/C21H25N3O2/c22-21(26)18-11-13-24(14-12-18)15-19(25)23-20(16-7-3-1-4-8-16)17-9-5-2-6-10-17/h1-10,18,20H,11-15H2,(H2,22,26)(H,23,25)/p+1. The summed E-state index contributed by atoms with van der Waals surface area (Å²) < 4.78 is 0. The fourth-order valence-electron chi connectivity index (χ4n) is 3.58. The molecule has 0 aromatic heterocycles. The lowest BCUT2D eigenvalue weighted by Crippen LogP contribution is -3.14. The van der Waals surface area contributed by atoms with Gasteiger partial charge in [0, 0.05) is 18.8 Å². The van der Waals surface area contributed by atoms with Gasteiger partial charge in [-0.25, -0.2) is 0 Å². The van der Waals surface area contributed by atoms with Crippen LogP contribution in [0.4, 0.5) is 0 Å². The summed E-state index contributed by atoms with van der Waals surface area (Å²) in [7, 11) is 0. The minimum Gasteiger partial charge on any atom is -0.369 e. The molecule has 136 valence electrons. The van der Waals surface area contributed by atoms with Crippen LogP contribution in [0.15, 0.2) is 60.7 Å². The summed E-state index contributed by atoms with van der Waals surface area (Å²) in [5.74, 6) is -0.236. The van der Waals surface area contributed by atoms with Crippen molar-refractivity contribution in [3.63, 3.8) is 0 Å². The van der Waals surface area contributed by atoms with Crippen LogP contribution in [0.5, 0.6) is 0 Å². The van der Waals surface area contributed by atoms with Gasteiger partial charge in [0.25, 0.3) is 5.91 Å². The number of piperidine rings is 1. The van der Waals surface area contributed by atoms with Gasteiger partial charge in [0.2, 0.25) is 5.91 Å². The minimum atomic E-state index is -0.221. The summed E-state index contributed by atoms with van der Waals surface area (Å²) in [6.45, 7) is 2.03. The smallest absolute Gasteiger partial charge is 0.275 e. The van der Waals surface area contributed by atoms with Crippen molar-refractivity contribution in [3.05, 3.63) is 71.8 Å². The lowest BCUT2D eigenvalue weighted by Gasteiger charge is -2.28. The molecule has 0 spiro atoms. The summed E-state index contributed by atoms with van der Waals surface area (Å²) >= 11 is 0. The molecule has 1 fully saturated rings. The first kappa shape index (κ1) is 18.1. The number of carbonyl (C=O) groups is 2. The van der Waals surface area contributed by atoms with E-state index in [4.69, 9.17) is 5.73 Å². The number of amides is 2. The number of hydrogen-bond donors (Lipinski definition) is 3. The number of quaternary nitrogens is 1. The van der Waals surface area contributed by atoms with Gasteiger partial charge in [-0.2, -0.15) is 0 Å². The van der Waals surface area contributed by atoms with E-state index in [1.807, 2.05) is 60.7 Å². The Labute approximate surface area is 154 Å². The number of likely N-dealkylation sites (tertiary alicyclic amines) is 1. The third-order valence-corrected chi connectivity index (χ3v) is 5.08. The van der Waals surface area contributed by atoms with Crippen molar-refractivity contribution < 1.29 is 14.5 Å². The van der Waals surface area contributed by atoms with Crippen molar-refractivity contribution in [1.82, 2.24) is 5.32 Å². The third kappa shape index (κ3) is 4.70. The van der Waals surface area contributed by atoms with Crippen molar-refractivity contribution in [2.24, 2.45) is 11.7 Å². The molecule has 1 saturated heterocycles. The Kier molecular flexibility index (Phi) is 6.02. The van der Waals surface area contributed by atoms with E-state index >= 15 is 0 Å². The number of carbonyl (C=O) groups excluding carboxylic acids is 2. The van der Waals surface area contributed by atoms with Gasteiger partial charge >= 0.3 is 0 Å². The zero-order valence-electron chi connectivity index (χ0n) is 14.9. The van der Waals surface area contributed by atoms with Crippen LogP contribution in [-0.2, 0) is 9.59 Å². The van der Waals surface area contributed by atoms with E-state index < -0.39 is 0 Å². The number of benzene rings is 2. The third-order valence-electron chi connectivity index (χ3n) is 5.08. The van der Waals surface area contributed by atoms with Gasteiger partial charge in [-0.15, -0.1) is 0 Å². The van der Waals surface area contributed by atoms with E-state index in [-0.39, 0.29) is 23.8 Å². The molecule has 3 rings (SSSR count).